The van der Waals surface area contributed by atoms with Gasteiger partial charge in [-0.05, 0) is 28.1 Å². The highest BCUT2D eigenvalue weighted by molar-refractivity contribution is 9.10. The van der Waals surface area contributed by atoms with E-state index < -0.39 is 0 Å². The van der Waals surface area contributed by atoms with Crippen LogP contribution in [0.15, 0.2) is 29.1 Å². The maximum atomic E-state index is 4.08. The first kappa shape index (κ1) is 5.92. The Balaban J connectivity index is 2.95. The van der Waals surface area contributed by atoms with Gasteiger partial charge < -0.3 is 4.98 Å². The Morgan fingerprint density at radius 1 is 1.40 bits per heavy atom. The van der Waals surface area contributed by atoms with Gasteiger partial charge in [0.1, 0.15) is 4.60 Å². The van der Waals surface area contributed by atoms with E-state index in [9.17, 15) is 0 Å². The lowest BCUT2D eigenvalue weighted by Gasteiger charge is -1.89. The van der Waals surface area contributed by atoms with E-state index in [1.807, 2.05) is 18.3 Å². The summed E-state index contributed by atoms with van der Waals surface area (Å²) in [7, 11) is 0. The first-order valence-electron chi connectivity index (χ1n) is 2.95. The fourth-order valence-corrected chi connectivity index (χ4v) is 1.41. The highest BCUT2D eigenvalue weighted by Crippen LogP contribution is 2.19. The van der Waals surface area contributed by atoms with Crippen LogP contribution in [-0.4, -0.2) is 9.97 Å². The third kappa shape index (κ3) is 0.743. The number of pyridine rings is 1. The maximum Gasteiger partial charge on any atom is 0.115 e. The zero-order valence-corrected chi connectivity index (χ0v) is 6.72. The number of rotatable bonds is 0. The van der Waals surface area contributed by atoms with Gasteiger partial charge in [0.2, 0.25) is 0 Å². The second-order valence-electron chi connectivity index (χ2n) is 2.04. The summed E-state index contributed by atoms with van der Waals surface area (Å²) in [6.07, 6.45) is 3.67. The Morgan fingerprint density at radius 2 is 2.30 bits per heavy atom. The van der Waals surface area contributed by atoms with Gasteiger partial charge >= 0.3 is 0 Å². The van der Waals surface area contributed by atoms with E-state index in [2.05, 4.69) is 25.9 Å². The number of hydrogen-bond donors (Lipinski definition) is 1. The molecule has 2 aromatic rings. The minimum Gasteiger partial charge on any atom is -0.361 e. The molecule has 0 amide bonds. The molecule has 2 nitrogen and oxygen atoms in total. The van der Waals surface area contributed by atoms with Crippen LogP contribution < -0.4 is 0 Å². The zero-order chi connectivity index (χ0) is 6.97. The van der Waals surface area contributed by atoms with Crippen molar-refractivity contribution >= 4 is 26.8 Å². The average Bonchev–Trinajstić information content (AvgIpc) is 2.36. The molecule has 0 bridgehead atoms. The van der Waals surface area contributed by atoms with Gasteiger partial charge in [0, 0.05) is 23.3 Å². The SMILES string of the molecule is Brc1nccc2[nH]ccc12. The maximum absolute atomic E-state index is 4.08. The molecule has 10 heavy (non-hydrogen) atoms. The molecule has 0 aliphatic carbocycles. The van der Waals surface area contributed by atoms with E-state index in [1.54, 1.807) is 6.20 Å². The Labute approximate surface area is 66.4 Å². The van der Waals surface area contributed by atoms with Crippen LogP contribution in [0.25, 0.3) is 10.9 Å². The van der Waals surface area contributed by atoms with Crippen LogP contribution in [-0.2, 0) is 0 Å². The minimum absolute atomic E-state index is 0.895. The fourth-order valence-electron chi connectivity index (χ4n) is 0.947. The van der Waals surface area contributed by atoms with Crippen LogP contribution in [0.1, 0.15) is 0 Å². The number of H-pyrrole nitrogens is 1. The summed E-state index contributed by atoms with van der Waals surface area (Å²) >= 11 is 3.34. The summed E-state index contributed by atoms with van der Waals surface area (Å²) < 4.78 is 0.895. The highest BCUT2D eigenvalue weighted by atomic mass is 79.9. The molecule has 0 aliphatic heterocycles. The Morgan fingerprint density at radius 3 is 3.10 bits per heavy atom. The van der Waals surface area contributed by atoms with Crippen molar-refractivity contribution in [2.24, 2.45) is 0 Å². The summed E-state index contributed by atoms with van der Waals surface area (Å²) in [5, 5.41) is 1.13. The number of nitrogens with zero attached hydrogens (tertiary/aromatic N) is 1. The molecule has 1 N–H and O–H groups in total. The van der Waals surface area contributed by atoms with Gasteiger partial charge in [0.25, 0.3) is 0 Å². The molecule has 2 heterocycles. The lowest BCUT2D eigenvalue weighted by Crippen LogP contribution is -1.73. The van der Waals surface area contributed by atoms with Crippen molar-refractivity contribution in [3.8, 4) is 0 Å². The average molecular weight is 197 g/mol. The first-order chi connectivity index (χ1) is 4.88. The molecule has 2 rings (SSSR count). The molecule has 0 spiro atoms. The highest BCUT2D eigenvalue weighted by Gasteiger charge is 1.96. The molecule has 0 aromatic carbocycles. The van der Waals surface area contributed by atoms with Crippen molar-refractivity contribution < 1.29 is 0 Å². The van der Waals surface area contributed by atoms with E-state index in [1.165, 1.54) is 0 Å². The van der Waals surface area contributed by atoms with E-state index in [0.29, 0.717) is 0 Å². The quantitative estimate of drug-likeness (QED) is 0.645. The fraction of sp³-hybridized carbons (Fsp3) is 0. The second kappa shape index (κ2) is 2.09. The number of fused-ring (bicyclic) bond motifs is 1. The predicted molar refractivity (Wildman–Crippen MR) is 43.8 cm³/mol. The molecule has 0 saturated heterocycles. The standard InChI is InChI=1S/C7H5BrN2/c8-7-5-1-3-9-6(5)2-4-10-7/h1-4,9H. The van der Waals surface area contributed by atoms with Gasteiger partial charge in [-0.1, -0.05) is 0 Å². The normalized spacial score (nSPS) is 10.5. The Kier molecular flexibility index (Phi) is 1.24. The molecule has 3 heteroatoms. The van der Waals surface area contributed by atoms with Crippen molar-refractivity contribution in [2.75, 3.05) is 0 Å². The van der Waals surface area contributed by atoms with E-state index >= 15 is 0 Å². The number of hydrogen-bond acceptors (Lipinski definition) is 1. The Hall–Kier alpha value is -0.830. The molecule has 50 valence electrons. The predicted octanol–water partition coefficient (Wildman–Crippen LogP) is 2.33. The summed E-state index contributed by atoms with van der Waals surface area (Å²) in [6, 6.07) is 3.94. The van der Waals surface area contributed by atoms with Gasteiger partial charge in [-0.15, -0.1) is 0 Å². The molecular weight excluding hydrogens is 192 g/mol. The topological polar surface area (TPSA) is 28.7 Å². The third-order valence-electron chi connectivity index (χ3n) is 1.43. The molecule has 0 unspecified atom stereocenters. The summed E-state index contributed by atoms with van der Waals surface area (Å²) in [6.45, 7) is 0. The molecule has 2 aromatic heterocycles. The lowest BCUT2D eigenvalue weighted by atomic mass is 10.3. The lowest BCUT2D eigenvalue weighted by molar-refractivity contribution is 1.31. The number of nitrogens with one attached hydrogen (secondary N) is 1. The summed E-state index contributed by atoms with van der Waals surface area (Å²) in [5.41, 5.74) is 1.11. The number of aromatic amines is 1. The van der Waals surface area contributed by atoms with E-state index in [-0.39, 0.29) is 0 Å². The second-order valence-corrected chi connectivity index (χ2v) is 2.79. The number of aromatic nitrogens is 2. The van der Waals surface area contributed by atoms with Gasteiger partial charge in [-0.3, -0.25) is 0 Å². The third-order valence-corrected chi connectivity index (χ3v) is 2.06. The minimum atomic E-state index is 0.895. The van der Waals surface area contributed by atoms with Crippen LogP contribution >= 0.6 is 15.9 Å². The first-order valence-corrected chi connectivity index (χ1v) is 3.75. The van der Waals surface area contributed by atoms with Gasteiger partial charge in [-0.25, -0.2) is 4.98 Å². The Bertz CT molecular complexity index is 353. The molecule has 0 aliphatic rings. The number of halogens is 1. The van der Waals surface area contributed by atoms with Crippen molar-refractivity contribution in [3.63, 3.8) is 0 Å². The van der Waals surface area contributed by atoms with Crippen LogP contribution in [0.2, 0.25) is 0 Å². The van der Waals surface area contributed by atoms with Crippen LogP contribution in [0, 0.1) is 0 Å². The van der Waals surface area contributed by atoms with Crippen LogP contribution in [0.3, 0.4) is 0 Å². The van der Waals surface area contributed by atoms with E-state index in [4.69, 9.17) is 0 Å². The van der Waals surface area contributed by atoms with Crippen molar-refractivity contribution in [3.05, 3.63) is 29.1 Å². The van der Waals surface area contributed by atoms with Crippen LogP contribution in [0.5, 0.6) is 0 Å². The van der Waals surface area contributed by atoms with Gasteiger partial charge in [0.15, 0.2) is 0 Å². The molecule has 0 atom stereocenters. The largest absolute Gasteiger partial charge is 0.361 e. The summed E-state index contributed by atoms with van der Waals surface area (Å²) in [4.78, 5) is 7.17. The van der Waals surface area contributed by atoms with Crippen molar-refractivity contribution in [2.45, 2.75) is 0 Å². The van der Waals surface area contributed by atoms with Crippen molar-refractivity contribution in [1.82, 2.24) is 9.97 Å². The summed E-state index contributed by atoms with van der Waals surface area (Å²) in [5.74, 6) is 0. The smallest absolute Gasteiger partial charge is 0.115 e. The van der Waals surface area contributed by atoms with Crippen LogP contribution in [0.4, 0.5) is 0 Å². The zero-order valence-electron chi connectivity index (χ0n) is 5.13. The molecular formula is C7H5BrN2. The molecule has 0 radical (unpaired) electrons. The van der Waals surface area contributed by atoms with Gasteiger partial charge in [-0.2, -0.15) is 0 Å². The van der Waals surface area contributed by atoms with Crippen molar-refractivity contribution in [1.29, 1.82) is 0 Å². The van der Waals surface area contributed by atoms with E-state index in [0.717, 1.165) is 15.5 Å². The van der Waals surface area contributed by atoms with Gasteiger partial charge in [0.05, 0.1) is 0 Å². The monoisotopic (exact) mass is 196 g/mol. The molecule has 0 fully saturated rings. The molecule has 0 saturated carbocycles.